The molecule has 10 nitrogen and oxygen atoms in total. The third-order valence-corrected chi connectivity index (χ3v) is 8.98. The van der Waals surface area contributed by atoms with Crippen LogP contribution in [0, 0.1) is 0 Å². The molecule has 13 heteroatoms. The van der Waals surface area contributed by atoms with E-state index in [0.717, 1.165) is 31.0 Å². The second kappa shape index (κ2) is 13.8. The highest BCUT2D eigenvalue weighted by Crippen LogP contribution is 2.41. The van der Waals surface area contributed by atoms with Crippen LogP contribution in [-0.2, 0) is 35.3 Å². The molecule has 0 spiro atoms. The summed E-state index contributed by atoms with van der Waals surface area (Å²) in [7, 11) is 2.04. The zero-order valence-electron chi connectivity index (χ0n) is 25.7. The highest BCUT2D eigenvalue weighted by atomic mass is 19.4. The van der Waals surface area contributed by atoms with Crippen molar-refractivity contribution in [3.8, 4) is 6.01 Å². The normalized spacial score (nSPS) is 22.1. The summed E-state index contributed by atoms with van der Waals surface area (Å²) < 4.78 is 59.3. The number of ether oxygens (including phenoxy) is 3. The average molecular weight is 642 g/mol. The number of benzene rings is 2. The molecule has 6 rings (SSSR count). The van der Waals surface area contributed by atoms with Gasteiger partial charge in [0.1, 0.15) is 19.0 Å². The third-order valence-electron chi connectivity index (χ3n) is 8.98. The number of likely N-dealkylation sites (N-methyl/N-ethyl adjacent to an activating group) is 1. The van der Waals surface area contributed by atoms with E-state index in [9.17, 15) is 23.1 Å². The molecule has 3 aliphatic rings. The first-order valence-electron chi connectivity index (χ1n) is 15.5. The van der Waals surface area contributed by atoms with E-state index in [-0.39, 0.29) is 50.4 Å². The lowest BCUT2D eigenvalue weighted by molar-refractivity contribution is -0.139. The second-order valence-corrected chi connectivity index (χ2v) is 11.9. The quantitative estimate of drug-likeness (QED) is 0.378. The van der Waals surface area contributed by atoms with Crippen LogP contribution in [0.15, 0.2) is 54.6 Å². The molecule has 2 aromatic carbocycles. The maximum atomic E-state index is 13.9. The maximum absolute atomic E-state index is 13.9. The molecule has 2 saturated heterocycles. The summed E-state index contributed by atoms with van der Waals surface area (Å²) in [6, 6.07) is 14.6. The highest BCUT2D eigenvalue weighted by Gasteiger charge is 2.39. The summed E-state index contributed by atoms with van der Waals surface area (Å²) in [4.78, 5) is 28.0. The minimum Gasteiger partial charge on any atom is -0.462 e. The van der Waals surface area contributed by atoms with Crippen LogP contribution in [0.5, 0.6) is 6.01 Å². The minimum atomic E-state index is -4.53. The third kappa shape index (κ3) is 7.06. The predicted octanol–water partition coefficient (Wildman–Crippen LogP) is 4.60. The van der Waals surface area contributed by atoms with Gasteiger partial charge < -0.3 is 34.0 Å². The van der Waals surface area contributed by atoms with Gasteiger partial charge in [-0.3, -0.25) is 0 Å². The number of nitrogens with zero attached hydrogens (tertiary/aromatic N) is 5. The van der Waals surface area contributed by atoms with E-state index in [2.05, 4.69) is 9.88 Å². The molecule has 3 atom stereocenters. The molecule has 0 aliphatic carbocycles. The average Bonchev–Trinajstić information content (AvgIpc) is 3.49. The highest BCUT2D eigenvalue weighted by molar-refractivity contribution is 5.68. The van der Waals surface area contributed by atoms with Gasteiger partial charge in [-0.15, -0.1) is 0 Å². The van der Waals surface area contributed by atoms with Crippen LogP contribution in [0.4, 0.5) is 23.8 Å². The topological polar surface area (TPSA) is 100 Å². The van der Waals surface area contributed by atoms with E-state index >= 15 is 0 Å². The minimum absolute atomic E-state index is 0.0232. The molecule has 4 heterocycles. The van der Waals surface area contributed by atoms with Crippen LogP contribution in [0.2, 0.25) is 0 Å². The Morgan fingerprint density at radius 3 is 2.57 bits per heavy atom. The van der Waals surface area contributed by atoms with Gasteiger partial charge in [-0.25, -0.2) is 4.79 Å². The smallest absolute Gasteiger partial charge is 0.416 e. The van der Waals surface area contributed by atoms with Gasteiger partial charge in [0.2, 0.25) is 0 Å². The Morgan fingerprint density at radius 2 is 1.83 bits per heavy atom. The number of carbonyl (C=O) groups is 1. The predicted molar refractivity (Wildman–Crippen MR) is 162 cm³/mol. The second-order valence-electron chi connectivity index (χ2n) is 11.9. The summed E-state index contributed by atoms with van der Waals surface area (Å²) in [5.41, 5.74) is 1.34. The first-order valence-corrected chi connectivity index (χ1v) is 15.5. The molecular weight excluding hydrogens is 603 g/mol. The van der Waals surface area contributed by atoms with E-state index < -0.39 is 30.0 Å². The number of aromatic nitrogens is 2. The van der Waals surface area contributed by atoms with Crippen molar-refractivity contribution in [3.63, 3.8) is 0 Å². The van der Waals surface area contributed by atoms with Gasteiger partial charge in [0.25, 0.3) is 0 Å². The van der Waals surface area contributed by atoms with E-state index in [1.807, 2.05) is 42.3 Å². The lowest BCUT2D eigenvalue weighted by Gasteiger charge is -2.42. The molecule has 1 amide bonds. The fraction of sp³-hybridized carbons (Fsp3) is 0.485. The molecule has 1 aromatic heterocycles. The number of piperazine rings is 1. The number of likely N-dealkylation sites (tertiary alicyclic amines) is 1. The van der Waals surface area contributed by atoms with E-state index in [1.165, 1.54) is 12.1 Å². The number of aliphatic hydroxyl groups excluding tert-OH is 1. The van der Waals surface area contributed by atoms with Crippen molar-refractivity contribution >= 4 is 11.9 Å². The van der Waals surface area contributed by atoms with Crippen molar-refractivity contribution in [2.75, 3.05) is 51.3 Å². The summed E-state index contributed by atoms with van der Waals surface area (Å²) in [5, 5.41) is 10.4. The van der Waals surface area contributed by atoms with E-state index in [0.29, 0.717) is 36.8 Å². The zero-order chi connectivity index (χ0) is 32.3. The van der Waals surface area contributed by atoms with Gasteiger partial charge >= 0.3 is 18.3 Å². The maximum Gasteiger partial charge on any atom is 0.416 e. The number of carbonyl (C=O) groups excluding carboxylic acids is 1. The van der Waals surface area contributed by atoms with Crippen LogP contribution in [0.3, 0.4) is 0 Å². The molecule has 46 heavy (non-hydrogen) atoms. The van der Waals surface area contributed by atoms with Crippen LogP contribution < -0.4 is 9.64 Å². The summed E-state index contributed by atoms with van der Waals surface area (Å²) in [6.07, 6.45) is -3.75. The Kier molecular flexibility index (Phi) is 9.62. The SMILES string of the molecule is CN1CCC[C@H]1COc1nc2c(c(N3CCN(C(=O)OCc4ccccc4)C[C@@H]3CO)n1)COC(c1ccccc1C(F)(F)F)C2. The monoisotopic (exact) mass is 641 g/mol. The Bertz CT molecular complexity index is 1510. The van der Waals surface area contributed by atoms with Crippen molar-refractivity contribution in [1.29, 1.82) is 0 Å². The van der Waals surface area contributed by atoms with Gasteiger partial charge in [-0.1, -0.05) is 48.5 Å². The summed E-state index contributed by atoms with van der Waals surface area (Å²) in [5.74, 6) is 0.485. The molecule has 3 aliphatic heterocycles. The number of amides is 1. The fourth-order valence-electron chi connectivity index (χ4n) is 6.40. The molecule has 0 bridgehead atoms. The fourth-order valence-corrected chi connectivity index (χ4v) is 6.40. The van der Waals surface area contributed by atoms with Gasteiger partial charge in [-0.2, -0.15) is 23.1 Å². The summed E-state index contributed by atoms with van der Waals surface area (Å²) in [6.45, 7) is 2.02. The molecule has 1 unspecified atom stereocenters. The van der Waals surface area contributed by atoms with Crippen LogP contribution in [-0.4, -0.2) is 89.5 Å². The van der Waals surface area contributed by atoms with Crippen LogP contribution >= 0.6 is 0 Å². The van der Waals surface area contributed by atoms with Crippen LogP contribution in [0.25, 0.3) is 0 Å². The van der Waals surface area contributed by atoms with Crippen molar-refractivity contribution in [2.24, 2.45) is 0 Å². The van der Waals surface area contributed by atoms with Gasteiger partial charge in [0, 0.05) is 37.7 Å². The molecule has 0 saturated carbocycles. The van der Waals surface area contributed by atoms with Crippen molar-refractivity contribution in [3.05, 3.63) is 82.5 Å². The number of rotatable bonds is 8. The first-order chi connectivity index (χ1) is 22.2. The number of alkyl halides is 3. The van der Waals surface area contributed by atoms with Crippen LogP contribution in [0.1, 0.15) is 46.9 Å². The number of hydrogen-bond acceptors (Lipinski definition) is 9. The van der Waals surface area contributed by atoms with Crippen molar-refractivity contribution in [1.82, 2.24) is 19.8 Å². The number of fused-ring (bicyclic) bond motifs is 1. The van der Waals surface area contributed by atoms with Gasteiger partial charge in [0.15, 0.2) is 0 Å². The molecule has 0 radical (unpaired) electrons. The molecule has 3 aromatic rings. The van der Waals surface area contributed by atoms with Crippen molar-refractivity contribution < 1.29 is 37.3 Å². The Labute approximate surface area is 265 Å². The van der Waals surface area contributed by atoms with E-state index in [1.54, 1.807) is 11.0 Å². The largest absolute Gasteiger partial charge is 0.462 e. The standard InChI is InChI=1S/C33H38F3N5O5/c1-39-13-7-10-23(39)20-45-31-37-28-16-29(25-11-5-6-12-27(25)33(34,35)36)44-21-26(28)30(38-31)41-15-14-40(17-24(41)18-42)32(43)46-19-22-8-3-2-4-9-22/h2-6,8-9,11-12,23-24,29,42H,7,10,13-21H2,1H3/t23-,24+,29?/m0/s1. The molecule has 1 N–H and O–H groups in total. The van der Waals surface area contributed by atoms with Gasteiger partial charge in [0.05, 0.1) is 36.6 Å². The zero-order valence-corrected chi connectivity index (χ0v) is 25.7. The Hall–Kier alpha value is -3.94. The first kappa shape index (κ1) is 32.0. The number of anilines is 1. The Morgan fingerprint density at radius 1 is 1.04 bits per heavy atom. The van der Waals surface area contributed by atoms with E-state index in [4.69, 9.17) is 19.2 Å². The Balaban J connectivity index is 1.25. The lowest BCUT2D eigenvalue weighted by atomic mass is 9.95. The number of halogens is 3. The number of hydrogen-bond donors (Lipinski definition) is 1. The number of aliphatic hydroxyl groups is 1. The summed E-state index contributed by atoms with van der Waals surface area (Å²) >= 11 is 0. The van der Waals surface area contributed by atoms with Crippen molar-refractivity contribution in [2.45, 2.75) is 56.8 Å². The lowest BCUT2D eigenvalue weighted by Crippen LogP contribution is -2.57. The molecule has 246 valence electrons. The van der Waals surface area contributed by atoms with Gasteiger partial charge in [-0.05, 0) is 43.6 Å². The molecular formula is C33H38F3N5O5. The molecule has 2 fully saturated rings.